The number of imide groups is 1. The maximum atomic E-state index is 13.7. The van der Waals surface area contributed by atoms with E-state index in [0.717, 1.165) is 10.5 Å². The molecule has 2 aliphatic heterocycles. The van der Waals surface area contributed by atoms with Crippen molar-refractivity contribution in [3.05, 3.63) is 70.4 Å². The molecule has 2 heterocycles. The third-order valence-corrected chi connectivity index (χ3v) is 6.48. The van der Waals surface area contributed by atoms with Crippen molar-refractivity contribution in [1.29, 1.82) is 0 Å². The SMILES string of the molecule is COc1cccc(N2C(=O)C3C(C)=C(C)SC3=[N+](Cc3cccc(F)c3)C2=O)c1. The van der Waals surface area contributed by atoms with Gasteiger partial charge in [0.25, 0.3) is 0 Å². The number of hydrogen-bond acceptors (Lipinski definition) is 4. The van der Waals surface area contributed by atoms with Crippen LogP contribution in [-0.2, 0) is 11.3 Å². The van der Waals surface area contributed by atoms with Crippen LogP contribution < -0.4 is 9.64 Å². The summed E-state index contributed by atoms with van der Waals surface area (Å²) in [6.45, 7) is 4.04. The fourth-order valence-corrected chi connectivity index (χ4v) is 4.82. The molecular weight excluding hydrogens is 391 g/mol. The Morgan fingerprint density at radius 2 is 1.90 bits per heavy atom. The van der Waals surface area contributed by atoms with Gasteiger partial charge in [-0.1, -0.05) is 30.0 Å². The molecule has 7 heteroatoms. The first-order valence-corrected chi connectivity index (χ1v) is 9.98. The van der Waals surface area contributed by atoms with E-state index in [0.29, 0.717) is 22.0 Å². The average molecular weight is 411 g/mol. The lowest BCUT2D eigenvalue weighted by Crippen LogP contribution is -2.53. The summed E-state index contributed by atoms with van der Waals surface area (Å²) in [6, 6.07) is 12.6. The number of urea groups is 1. The second kappa shape index (κ2) is 7.48. The van der Waals surface area contributed by atoms with Crippen LogP contribution >= 0.6 is 11.8 Å². The number of hydrogen-bond donors (Lipinski definition) is 0. The van der Waals surface area contributed by atoms with E-state index in [9.17, 15) is 14.0 Å². The molecule has 2 aromatic rings. The van der Waals surface area contributed by atoms with Crippen molar-refractivity contribution in [2.45, 2.75) is 20.4 Å². The summed E-state index contributed by atoms with van der Waals surface area (Å²) in [6.07, 6.45) is 0. The molecule has 2 aromatic carbocycles. The van der Waals surface area contributed by atoms with E-state index in [2.05, 4.69) is 0 Å². The van der Waals surface area contributed by atoms with Gasteiger partial charge in [0.2, 0.25) is 0 Å². The Labute approximate surface area is 172 Å². The summed E-state index contributed by atoms with van der Waals surface area (Å²) in [5.74, 6) is -0.606. The van der Waals surface area contributed by atoms with Crippen LogP contribution in [0.25, 0.3) is 0 Å². The van der Waals surface area contributed by atoms with Crippen molar-refractivity contribution in [3.8, 4) is 5.75 Å². The van der Waals surface area contributed by atoms with Gasteiger partial charge in [0.1, 0.15) is 23.8 Å². The number of carbonyl (C=O) groups excluding carboxylic acids is 2. The molecule has 0 saturated heterocycles. The molecule has 29 heavy (non-hydrogen) atoms. The summed E-state index contributed by atoms with van der Waals surface area (Å²) in [7, 11) is 1.53. The monoisotopic (exact) mass is 411 g/mol. The minimum atomic E-state index is -0.516. The van der Waals surface area contributed by atoms with Crippen LogP contribution in [0.4, 0.5) is 14.9 Å². The van der Waals surface area contributed by atoms with E-state index in [1.165, 1.54) is 35.9 Å². The zero-order valence-corrected chi connectivity index (χ0v) is 17.1. The molecule has 0 aliphatic carbocycles. The van der Waals surface area contributed by atoms with Crippen molar-refractivity contribution >= 4 is 34.4 Å². The Morgan fingerprint density at radius 1 is 1.14 bits per heavy atom. The molecule has 1 atom stereocenters. The van der Waals surface area contributed by atoms with E-state index in [1.54, 1.807) is 41.0 Å². The molecule has 1 unspecified atom stereocenters. The Balaban J connectivity index is 1.83. The lowest BCUT2D eigenvalue weighted by Gasteiger charge is -2.25. The van der Waals surface area contributed by atoms with Crippen molar-refractivity contribution in [2.24, 2.45) is 5.92 Å². The average Bonchev–Trinajstić information content (AvgIpc) is 3.00. The third kappa shape index (κ3) is 3.35. The first kappa shape index (κ1) is 19.4. The van der Waals surface area contributed by atoms with Crippen LogP contribution in [0.5, 0.6) is 5.75 Å². The molecule has 0 bridgehead atoms. The number of fused-ring (bicyclic) bond motifs is 1. The van der Waals surface area contributed by atoms with Gasteiger partial charge in [-0.15, -0.1) is 4.90 Å². The Kier molecular flexibility index (Phi) is 5.00. The quantitative estimate of drug-likeness (QED) is 0.692. The number of carbonyl (C=O) groups is 2. The van der Waals surface area contributed by atoms with Gasteiger partial charge in [0, 0.05) is 6.07 Å². The number of ether oxygens (including phenoxy) is 1. The Bertz CT molecular complexity index is 1090. The van der Waals surface area contributed by atoms with Gasteiger partial charge in [-0.05, 0) is 54.2 Å². The fourth-order valence-electron chi connectivity index (χ4n) is 3.58. The number of nitrogens with zero attached hydrogens (tertiary/aromatic N) is 2. The maximum Gasteiger partial charge on any atom is 0.506 e. The normalized spacial score (nSPS) is 19.2. The lowest BCUT2D eigenvalue weighted by molar-refractivity contribution is -0.443. The first-order chi connectivity index (χ1) is 13.9. The van der Waals surface area contributed by atoms with Crippen LogP contribution in [0.3, 0.4) is 0 Å². The Hall–Kier alpha value is -2.93. The smallest absolute Gasteiger partial charge is 0.497 e. The molecule has 0 fully saturated rings. The number of allylic oxidation sites excluding steroid dienone is 1. The molecule has 5 nitrogen and oxygen atoms in total. The molecule has 148 valence electrons. The standard InChI is InChI=1S/C22H20FN2O3S/c1-13-14(2)29-21-19(13)20(26)25(17-8-5-9-18(11-17)28-3)22(27)24(21)12-15-6-4-7-16(23)10-15/h4-11,19H,12H2,1-3H3/q+1. The predicted octanol–water partition coefficient (Wildman–Crippen LogP) is 4.57. The van der Waals surface area contributed by atoms with Crippen LogP contribution in [0.1, 0.15) is 19.4 Å². The first-order valence-electron chi connectivity index (χ1n) is 9.16. The predicted molar refractivity (Wildman–Crippen MR) is 111 cm³/mol. The van der Waals surface area contributed by atoms with E-state index in [4.69, 9.17) is 4.74 Å². The minimum Gasteiger partial charge on any atom is -0.497 e. The fraction of sp³-hybridized carbons (Fsp3) is 0.227. The van der Waals surface area contributed by atoms with Crippen LogP contribution in [-0.4, -0.2) is 28.7 Å². The number of halogens is 1. The van der Waals surface area contributed by atoms with Gasteiger partial charge in [-0.25, -0.2) is 9.18 Å². The van der Waals surface area contributed by atoms with Crippen molar-refractivity contribution in [1.82, 2.24) is 0 Å². The van der Waals surface area contributed by atoms with E-state index in [1.807, 2.05) is 13.8 Å². The topological polar surface area (TPSA) is 49.6 Å². The van der Waals surface area contributed by atoms with E-state index < -0.39 is 11.9 Å². The van der Waals surface area contributed by atoms with Gasteiger partial charge in [0.15, 0.2) is 11.0 Å². The van der Waals surface area contributed by atoms with Crippen LogP contribution in [0.15, 0.2) is 59.0 Å². The minimum absolute atomic E-state index is 0.184. The molecule has 4 rings (SSSR count). The lowest BCUT2D eigenvalue weighted by atomic mass is 9.97. The number of methoxy groups -OCH3 is 1. The van der Waals surface area contributed by atoms with Crippen molar-refractivity contribution < 1.29 is 23.3 Å². The number of anilines is 1. The molecule has 2 aliphatic rings. The maximum absolute atomic E-state index is 13.7. The molecule has 0 aromatic heterocycles. The zero-order valence-electron chi connectivity index (χ0n) is 16.3. The summed E-state index contributed by atoms with van der Waals surface area (Å²) < 4.78 is 20.5. The third-order valence-electron chi connectivity index (χ3n) is 5.19. The van der Waals surface area contributed by atoms with Crippen LogP contribution in [0.2, 0.25) is 0 Å². The molecule has 0 spiro atoms. The summed E-state index contributed by atoms with van der Waals surface area (Å²) in [5, 5.41) is 0.679. The van der Waals surface area contributed by atoms with Gasteiger partial charge < -0.3 is 4.74 Å². The van der Waals surface area contributed by atoms with Crippen LogP contribution in [0, 0.1) is 11.7 Å². The highest BCUT2D eigenvalue weighted by molar-refractivity contribution is 8.17. The van der Waals surface area contributed by atoms with Gasteiger partial charge in [-0.3, -0.25) is 0 Å². The zero-order chi connectivity index (χ0) is 20.7. The second-order valence-electron chi connectivity index (χ2n) is 6.99. The molecule has 0 radical (unpaired) electrons. The number of amides is 3. The Morgan fingerprint density at radius 3 is 2.62 bits per heavy atom. The number of rotatable bonds is 4. The number of benzene rings is 2. The summed E-state index contributed by atoms with van der Waals surface area (Å²) in [5.41, 5.74) is 2.04. The highest BCUT2D eigenvalue weighted by atomic mass is 32.2. The van der Waals surface area contributed by atoms with Gasteiger partial charge >= 0.3 is 11.9 Å². The van der Waals surface area contributed by atoms with E-state index in [-0.39, 0.29) is 18.3 Å². The largest absolute Gasteiger partial charge is 0.506 e. The van der Waals surface area contributed by atoms with E-state index >= 15 is 0 Å². The molecular formula is C22H20FN2O3S+. The summed E-state index contributed by atoms with van der Waals surface area (Å²) in [4.78, 5) is 29.0. The molecule has 0 N–H and O–H groups in total. The molecule has 3 amide bonds. The highest BCUT2D eigenvalue weighted by Crippen LogP contribution is 2.42. The number of thioether (sulfide) groups is 1. The molecule has 0 saturated carbocycles. The van der Waals surface area contributed by atoms with Gasteiger partial charge in [0.05, 0.1) is 7.11 Å². The van der Waals surface area contributed by atoms with Crippen molar-refractivity contribution in [3.63, 3.8) is 0 Å². The van der Waals surface area contributed by atoms with Gasteiger partial charge in [-0.2, -0.15) is 9.37 Å². The van der Waals surface area contributed by atoms with Crippen molar-refractivity contribution in [2.75, 3.05) is 12.0 Å². The highest BCUT2D eigenvalue weighted by Gasteiger charge is 2.52. The second-order valence-corrected chi connectivity index (χ2v) is 8.22. The summed E-state index contributed by atoms with van der Waals surface area (Å²) >= 11 is 1.44.